The van der Waals surface area contributed by atoms with Crippen molar-refractivity contribution in [3.63, 3.8) is 0 Å². The van der Waals surface area contributed by atoms with Crippen molar-refractivity contribution >= 4 is 10.9 Å². The van der Waals surface area contributed by atoms with Gasteiger partial charge in [0.05, 0.1) is 7.11 Å². The second-order valence-electron chi connectivity index (χ2n) is 5.28. The number of pyridine rings is 1. The highest BCUT2D eigenvalue weighted by Crippen LogP contribution is 2.18. The molecule has 0 saturated carbocycles. The zero-order valence-corrected chi connectivity index (χ0v) is 13.6. The van der Waals surface area contributed by atoms with E-state index in [1.54, 1.807) is 7.11 Å². The highest BCUT2D eigenvalue weighted by molar-refractivity contribution is 5.80. The first-order valence-corrected chi connectivity index (χ1v) is 7.81. The van der Waals surface area contributed by atoms with E-state index in [2.05, 4.69) is 29.0 Å². The van der Waals surface area contributed by atoms with E-state index >= 15 is 0 Å². The normalized spacial score (nSPS) is 11.3. The fraction of sp³-hybridized carbons (Fsp3) is 0.471. The zero-order valence-electron chi connectivity index (χ0n) is 13.6. The summed E-state index contributed by atoms with van der Waals surface area (Å²) in [4.78, 5) is 17.4. The van der Waals surface area contributed by atoms with Gasteiger partial charge in [-0.2, -0.15) is 0 Å². The van der Waals surface area contributed by atoms with Crippen molar-refractivity contribution in [1.82, 2.24) is 15.2 Å². The SMILES string of the molecule is CCN(CC)CCNCc1cc2cc(OC)ccc2[nH]c1=O. The fourth-order valence-electron chi connectivity index (χ4n) is 2.49. The molecule has 0 atom stereocenters. The summed E-state index contributed by atoms with van der Waals surface area (Å²) < 4.78 is 5.23. The van der Waals surface area contributed by atoms with Gasteiger partial charge in [0.1, 0.15) is 5.75 Å². The number of ether oxygens (including phenoxy) is 1. The number of nitrogens with one attached hydrogen (secondary N) is 2. The van der Waals surface area contributed by atoms with E-state index in [4.69, 9.17) is 4.74 Å². The molecule has 0 aliphatic heterocycles. The molecule has 0 aliphatic carbocycles. The minimum absolute atomic E-state index is 0.0343. The number of rotatable bonds is 8. The molecule has 0 radical (unpaired) electrons. The molecule has 5 heteroatoms. The van der Waals surface area contributed by atoms with E-state index < -0.39 is 0 Å². The summed E-state index contributed by atoms with van der Waals surface area (Å²) in [6.45, 7) is 8.85. The third-order valence-corrected chi connectivity index (χ3v) is 3.94. The van der Waals surface area contributed by atoms with E-state index in [9.17, 15) is 4.79 Å². The lowest BCUT2D eigenvalue weighted by molar-refractivity contribution is 0.302. The lowest BCUT2D eigenvalue weighted by atomic mass is 10.1. The van der Waals surface area contributed by atoms with Crippen LogP contribution in [0.25, 0.3) is 10.9 Å². The minimum Gasteiger partial charge on any atom is -0.497 e. The van der Waals surface area contributed by atoms with Crippen LogP contribution in [0, 0.1) is 0 Å². The quantitative estimate of drug-likeness (QED) is 0.732. The Hall–Kier alpha value is -1.85. The Bertz CT molecular complexity index is 662. The number of hydrogen-bond donors (Lipinski definition) is 2. The molecule has 1 aromatic heterocycles. The average Bonchev–Trinajstić information content (AvgIpc) is 2.55. The van der Waals surface area contributed by atoms with Crippen LogP contribution in [0.5, 0.6) is 5.75 Å². The van der Waals surface area contributed by atoms with E-state index in [0.717, 1.165) is 48.4 Å². The highest BCUT2D eigenvalue weighted by Gasteiger charge is 2.04. The maximum Gasteiger partial charge on any atom is 0.252 e. The van der Waals surface area contributed by atoms with Gasteiger partial charge in [0, 0.05) is 36.1 Å². The number of benzene rings is 1. The van der Waals surface area contributed by atoms with Crippen molar-refractivity contribution in [1.29, 1.82) is 0 Å². The second kappa shape index (κ2) is 7.96. The molecule has 0 saturated heterocycles. The summed E-state index contributed by atoms with van der Waals surface area (Å²) >= 11 is 0. The molecular formula is C17H25N3O2. The largest absolute Gasteiger partial charge is 0.497 e. The first-order valence-electron chi connectivity index (χ1n) is 7.81. The van der Waals surface area contributed by atoms with Crippen LogP contribution in [0.4, 0.5) is 0 Å². The monoisotopic (exact) mass is 303 g/mol. The van der Waals surface area contributed by atoms with Crippen LogP contribution in [0.1, 0.15) is 19.4 Å². The van der Waals surface area contributed by atoms with Gasteiger partial charge in [-0.25, -0.2) is 0 Å². The number of methoxy groups -OCH3 is 1. The van der Waals surface area contributed by atoms with Crippen LogP contribution in [0.2, 0.25) is 0 Å². The summed E-state index contributed by atoms with van der Waals surface area (Å²) in [6, 6.07) is 7.58. The topological polar surface area (TPSA) is 57.4 Å². The third-order valence-electron chi connectivity index (χ3n) is 3.94. The lowest BCUT2D eigenvalue weighted by Gasteiger charge is -2.17. The molecule has 2 rings (SSSR count). The van der Waals surface area contributed by atoms with Crippen LogP contribution in [0.15, 0.2) is 29.1 Å². The van der Waals surface area contributed by atoms with E-state index in [-0.39, 0.29) is 5.56 Å². The Morgan fingerprint density at radius 2 is 2.00 bits per heavy atom. The average molecular weight is 303 g/mol. The number of aromatic nitrogens is 1. The van der Waals surface area contributed by atoms with E-state index in [0.29, 0.717) is 6.54 Å². The van der Waals surface area contributed by atoms with Crippen LogP contribution in [0.3, 0.4) is 0 Å². The molecule has 2 N–H and O–H groups in total. The van der Waals surface area contributed by atoms with Crippen LogP contribution in [-0.2, 0) is 6.54 Å². The molecule has 0 amide bonds. The van der Waals surface area contributed by atoms with Crippen molar-refractivity contribution < 1.29 is 4.74 Å². The molecule has 120 valence electrons. The molecular weight excluding hydrogens is 278 g/mol. The van der Waals surface area contributed by atoms with Gasteiger partial charge >= 0.3 is 0 Å². The number of likely N-dealkylation sites (N-methyl/N-ethyl adjacent to an activating group) is 1. The Labute approximate surface area is 131 Å². The zero-order chi connectivity index (χ0) is 15.9. The van der Waals surface area contributed by atoms with Gasteiger partial charge in [0.15, 0.2) is 0 Å². The number of aromatic amines is 1. The molecule has 0 spiro atoms. The molecule has 0 aliphatic rings. The molecule has 0 bridgehead atoms. The van der Waals surface area contributed by atoms with Crippen molar-refractivity contribution in [3.8, 4) is 5.75 Å². The van der Waals surface area contributed by atoms with Crippen LogP contribution >= 0.6 is 0 Å². The molecule has 1 heterocycles. The van der Waals surface area contributed by atoms with Gasteiger partial charge in [0.2, 0.25) is 0 Å². The number of hydrogen-bond acceptors (Lipinski definition) is 4. The molecule has 0 unspecified atom stereocenters. The molecule has 2 aromatic rings. The van der Waals surface area contributed by atoms with Crippen molar-refractivity contribution in [3.05, 3.63) is 40.2 Å². The van der Waals surface area contributed by atoms with Gasteiger partial charge in [-0.05, 0) is 37.4 Å². The Kier molecular flexibility index (Phi) is 5.98. The first-order chi connectivity index (χ1) is 10.7. The summed E-state index contributed by atoms with van der Waals surface area (Å²) in [6.07, 6.45) is 0. The maximum absolute atomic E-state index is 12.1. The first kappa shape index (κ1) is 16.5. The maximum atomic E-state index is 12.1. The standard InChI is InChI=1S/C17H25N3O2/c1-4-20(5-2)9-8-18-12-14-10-13-11-15(22-3)6-7-16(13)19-17(14)21/h6-7,10-11,18H,4-5,8-9,12H2,1-3H3,(H,19,21). The van der Waals surface area contributed by atoms with Gasteiger partial charge in [-0.15, -0.1) is 0 Å². The number of nitrogens with zero attached hydrogens (tertiary/aromatic N) is 1. The predicted molar refractivity (Wildman–Crippen MR) is 90.6 cm³/mol. The summed E-state index contributed by atoms with van der Waals surface area (Å²) in [5.74, 6) is 0.792. The number of fused-ring (bicyclic) bond motifs is 1. The van der Waals surface area contributed by atoms with Gasteiger partial charge in [-0.1, -0.05) is 13.8 Å². The van der Waals surface area contributed by atoms with Crippen LogP contribution in [-0.4, -0.2) is 43.2 Å². The van der Waals surface area contributed by atoms with Crippen LogP contribution < -0.4 is 15.6 Å². The predicted octanol–water partition coefficient (Wildman–Crippen LogP) is 1.97. The molecule has 5 nitrogen and oxygen atoms in total. The van der Waals surface area contributed by atoms with E-state index in [1.165, 1.54) is 0 Å². The summed E-state index contributed by atoms with van der Waals surface area (Å²) in [7, 11) is 1.64. The van der Waals surface area contributed by atoms with Crippen molar-refractivity contribution in [2.45, 2.75) is 20.4 Å². The Morgan fingerprint density at radius 1 is 1.23 bits per heavy atom. The number of H-pyrrole nitrogens is 1. The molecule has 0 fully saturated rings. The summed E-state index contributed by atoms with van der Waals surface area (Å²) in [5.41, 5.74) is 1.55. The van der Waals surface area contributed by atoms with Crippen molar-refractivity contribution in [2.24, 2.45) is 0 Å². The third kappa shape index (κ3) is 4.08. The smallest absolute Gasteiger partial charge is 0.252 e. The molecule has 1 aromatic carbocycles. The Morgan fingerprint density at radius 3 is 2.68 bits per heavy atom. The van der Waals surface area contributed by atoms with Crippen molar-refractivity contribution in [2.75, 3.05) is 33.3 Å². The lowest BCUT2D eigenvalue weighted by Crippen LogP contribution is -2.32. The highest BCUT2D eigenvalue weighted by atomic mass is 16.5. The van der Waals surface area contributed by atoms with E-state index in [1.807, 2.05) is 24.3 Å². The Balaban J connectivity index is 2.04. The fourth-order valence-corrected chi connectivity index (χ4v) is 2.49. The molecule has 22 heavy (non-hydrogen) atoms. The second-order valence-corrected chi connectivity index (χ2v) is 5.28. The van der Waals surface area contributed by atoms with Gasteiger partial charge in [-0.3, -0.25) is 4.79 Å². The van der Waals surface area contributed by atoms with Gasteiger partial charge < -0.3 is 19.9 Å². The van der Waals surface area contributed by atoms with Gasteiger partial charge in [0.25, 0.3) is 5.56 Å². The summed E-state index contributed by atoms with van der Waals surface area (Å²) in [5, 5.41) is 4.33. The minimum atomic E-state index is -0.0343.